The zero-order chi connectivity index (χ0) is 8.10. The number of thioether (sulfide) groups is 1. The predicted octanol–water partition coefficient (Wildman–Crippen LogP) is 2.27. The van der Waals surface area contributed by atoms with Crippen LogP contribution in [-0.4, -0.2) is 17.3 Å². The minimum atomic E-state index is 0.210. The first kappa shape index (κ1) is 8.85. The van der Waals surface area contributed by atoms with Gasteiger partial charge in [0.2, 0.25) is 0 Å². The Balaban J connectivity index is 2.24. The first-order valence-corrected chi connectivity index (χ1v) is 5.21. The molecule has 0 bridgehead atoms. The van der Waals surface area contributed by atoms with Gasteiger partial charge in [-0.1, -0.05) is 6.58 Å². The van der Waals surface area contributed by atoms with Crippen LogP contribution in [0.25, 0.3) is 0 Å². The maximum absolute atomic E-state index is 11.0. The van der Waals surface area contributed by atoms with Crippen molar-refractivity contribution < 1.29 is 4.79 Å². The van der Waals surface area contributed by atoms with Gasteiger partial charge in [0.05, 0.1) is 0 Å². The fraction of sp³-hybridized carbons (Fsp3) is 0.667. The van der Waals surface area contributed by atoms with E-state index >= 15 is 0 Å². The highest BCUT2D eigenvalue weighted by Gasteiger charge is 2.15. The van der Waals surface area contributed by atoms with Crippen molar-refractivity contribution in [3.05, 3.63) is 12.7 Å². The zero-order valence-electron chi connectivity index (χ0n) is 6.71. The van der Waals surface area contributed by atoms with Crippen molar-refractivity contribution in [3.8, 4) is 0 Å². The quantitative estimate of drug-likeness (QED) is 0.604. The summed E-state index contributed by atoms with van der Waals surface area (Å²) < 4.78 is 0. The molecule has 1 nitrogen and oxygen atoms in total. The molecule has 1 heterocycles. The van der Waals surface area contributed by atoms with Crippen molar-refractivity contribution in [2.75, 3.05) is 11.5 Å². The van der Waals surface area contributed by atoms with E-state index in [0.29, 0.717) is 5.92 Å². The Hall–Kier alpha value is -0.240. The van der Waals surface area contributed by atoms with Crippen LogP contribution in [0.4, 0.5) is 0 Å². The second kappa shape index (κ2) is 4.60. The Morgan fingerprint density at radius 3 is 2.73 bits per heavy atom. The van der Waals surface area contributed by atoms with Gasteiger partial charge >= 0.3 is 0 Å². The molecule has 1 saturated heterocycles. The van der Waals surface area contributed by atoms with Crippen LogP contribution in [0.5, 0.6) is 0 Å². The van der Waals surface area contributed by atoms with Crippen LogP contribution < -0.4 is 0 Å². The van der Waals surface area contributed by atoms with E-state index in [2.05, 4.69) is 6.58 Å². The number of hydrogen-bond donors (Lipinski definition) is 0. The van der Waals surface area contributed by atoms with Crippen molar-refractivity contribution in [2.24, 2.45) is 5.92 Å². The number of hydrogen-bond acceptors (Lipinski definition) is 2. The predicted molar refractivity (Wildman–Crippen MR) is 49.9 cm³/mol. The van der Waals surface area contributed by atoms with Crippen LogP contribution in [0.2, 0.25) is 0 Å². The molecule has 0 aromatic heterocycles. The maximum Gasteiger partial charge on any atom is 0.155 e. The minimum Gasteiger partial charge on any atom is -0.295 e. The zero-order valence-corrected chi connectivity index (χ0v) is 7.53. The van der Waals surface area contributed by atoms with Gasteiger partial charge in [-0.25, -0.2) is 0 Å². The smallest absolute Gasteiger partial charge is 0.155 e. The van der Waals surface area contributed by atoms with Crippen LogP contribution >= 0.6 is 11.8 Å². The van der Waals surface area contributed by atoms with Gasteiger partial charge in [-0.15, -0.1) is 0 Å². The second-order valence-electron chi connectivity index (χ2n) is 2.93. The van der Waals surface area contributed by atoms with E-state index in [4.69, 9.17) is 0 Å². The lowest BCUT2D eigenvalue weighted by molar-refractivity contribution is -0.115. The Morgan fingerprint density at radius 1 is 1.55 bits per heavy atom. The monoisotopic (exact) mass is 170 g/mol. The highest BCUT2D eigenvalue weighted by atomic mass is 32.2. The molecule has 0 spiro atoms. The summed E-state index contributed by atoms with van der Waals surface area (Å²) in [6.45, 7) is 3.47. The van der Waals surface area contributed by atoms with Crippen LogP contribution in [0.3, 0.4) is 0 Å². The molecule has 0 radical (unpaired) electrons. The average Bonchev–Trinajstić information content (AvgIpc) is 2.06. The van der Waals surface area contributed by atoms with Gasteiger partial charge in [0.1, 0.15) is 0 Å². The molecule has 0 aromatic carbocycles. The number of allylic oxidation sites excluding steroid dienone is 1. The van der Waals surface area contributed by atoms with E-state index < -0.39 is 0 Å². The van der Waals surface area contributed by atoms with Crippen LogP contribution in [0, 0.1) is 5.92 Å². The molecule has 11 heavy (non-hydrogen) atoms. The van der Waals surface area contributed by atoms with Crippen molar-refractivity contribution in [2.45, 2.75) is 19.3 Å². The molecular formula is C9H14OS. The van der Waals surface area contributed by atoms with E-state index in [0.717, 1.165) is 6.42 Å². The summed E-state index contributed by atoms with van der Waals surface area (Å²) in [4.78, 5) is 11.0. The van der Waals surface area contributed by atoms with Crippen molar-refractivity contribution >= 4 is 17.5 Å². The third-order valence-corrected chi connectivity index (χ3v) is 3.11. The summed E-state index contributed by atoms with van der Waals surface area (Å²) in [6.07, 6.45) is 4.60. The van der Waals surface area contributed by atoms with Crippen molar-refractivity contribution in [3.63, 3.8) is 0 Å². The van der Waals surface area contributed by atoms with Crippen molar-refractivity contribution in [1.29, 1.82) is 0 Å². The molecule has 1 aliphatic heterocycles. The van der Waals surface area contributed by atoms with Crippen LogP contribution in [-0.2, 0) is 4.79 Å². The first-order chi connectivity index (χ1) is 5.33. The molecule has 0 atom stereocenters. The van der Waals surface area contributed by atoms with Gasteiger partial charge < -0.3 is 0 Å². The highest BCUT2D eigenvalue weighted by Crippen LogP contribution is 2.25. The summed E-state index contributed by atoms with van der Waals surface area (Å²) in [6, 6.07) is 0. The van der Waals surface area contributed by atoms with Gasteiger partial charge in [-0.05, 0) is 36.3 Å². The Morgan fingerprint density at radius 2 is 2.18 bits per heavy atom. The molecule has 62 valence electrons. The van der Waals surface area contributed by atoms with Gasteiger partial charge in [0, 0.05) is 6.42 Å². The standard InChI is InChI=1S/C9H14OS/c1-2-9(10)7-8-3-5-11-6-4-8/h2,8H,1,3-7H2. The Labute approximate surface area is 72.2 Å². The summed E-state index contributed by atoms with van der Waals surface area (Å²) in [7, 11) is 0. The molecule has 0 aromatic rings. The molecule has 0 saturated carbocycles. The lowest BCUT2D eigenvalue weighted by Crippen LogP contribution is -2.12. The largest absolute Gasteiger partial charge is 0.295 e. The molecule has 0 aliphatic carbocycles. The maximum atomic E-state index is 11.0. The van der Waals surface area contributed by atoms with Gasteiger partial charge in [-0.3, -0.25) is 4.79 Å². The molecule has 1 aliphatic rings. The molecule has 0 amide bonds. The van der Waals surface area contributed by atoms with E-state index in [1.165, 1.54) is 30.4 Å². The third kappa shape index (κ3) is 3.10. The molecular weight excluding hydrogens is 156 g/mol. The van der Waals surface area contributed by atoms with Gasteiger partial charge in [0.25, 0.3) is 0 Å². The minimum absolute atomic E-state index is 0.210. The lowest BCUT2D eigenvalue weighted by Gasteiger charge is -2.19. The normalized spacial score (nSPS) is 19.6. The Kier molecular flexibility index (Phi) is 3.70. The topological polar surface area (TPSA) is 17.1 Å². The fourth-order valence-electron chi connectivity index (χ4n) is 1.32. The molecule has 1 fully saturated rings. The van der Waals surface area contributed by atoms with E-state index in [-0.39, 0.29) is 5.78 Å². The molecule has 2 heteroatoms. The molecule has 0 unspecified atom stereocenters. The SMILES string of the molecule is C=CC(=O)CC1CCSCC1. The fourth-order valence-corrected chi connectivity index (χ4v) is 2.52. The highest BCUT2D eigenvalue weighted by molar-refractivity contribution is 7.99. The van der Waals surface area contributed by atoms with E-state index in [1.54, 1.807) is 0 Å². The number of rotatable bonds is 3. The van der Waals surface area contributed by atoms with Crippen LogP contribution in [0.1, 0.15) is 19.3 Å². The number of ketones is 1. The van der Waals surface area contributed by atoms with E-state index in [9.17, 15) is 4.79 Å². The lowest BCUT2D eigenvalue weighted by atomic mass is 9.96. The van der Waals surface area contributed by atoms with E-state index in [1.807, 2.05) is 11.8 Å². The third-order valence-electron chi connectivity index (χ3n) is 2.06. The first-order valence-electron chi connectivity index (χ1n) is 4.06. The summed E-state index contributed by atoms with van der Waals surface area (Å²) in [5.74, 6) is 3.31. The number of carbonyl (C=O) groups excluding carboxylic acids is 1. The number of carbonyl (C=O) groups is 1. The van der Waals surface area contributed by atoms with Gasteiger partial charge in [-0.2, -0.15) is 11.8 Å². The molecule has 0 N–H and O–H groups in total. The average molecular weight is 170 g/mol. The molecule has 1 rings (SSSR count). The van der Waals surface area contributed by atoms with Gasteiger partial charge in [0.15, 0.2) is 5.78 Å². The summed E-state index contributed by atoms with van der Waals surface area (Å²) in [5.41, 5.74) is 0. The summed E-state index contributed by atoms with van der Waals surface area (Å²) >= 11 is 2.00. The second-order valence-corrected chi connectivity index (χ2v) is 4.16. The Bertz CT molecular complexity index is 148. The summed E-state index contributed by atoms with van der Waals surface area (Å²) in [5, 5.41) is 0. The van der Waals surface area contributed by atoms with Crippen molar-refractivity contribution in [1.82, 2.24) is 0 Å². The van der Waals surface area contributed by atoms with Crippen LogP contribution in [0.15, 0.2) is 12.7 Å².